The van der Waals surface area contributed by atoms with Crippen LogP contribution in [0, 0.1) is 0 Å². The van der Waals surface area contributed by atoms with Crippen LogP contribution >= 0.6 is 0 Å². The second kappa shape index (κ2) is 4.34. The normalized spacial score (nSPS) is 14.2. The van der Waals surface area contributed by atoms with Gasteiger partial charge in [-0.05, 0) is 35.2 Å². The van der Waals surface area contributed by atoms with E-state index in [0.29, 0.717) is 6.04 Å². The lowest BCUT2D eigenvalue weighted by Gasteiger charge is -2.29. The number of benzene rings is 2. The number of rotatable bonds is 2. The Morgan fingerprint density at radius 1 is 0.941 bits per heavy atom. The first-order chi connectivity index (χ1) is 8.40. The number of hydrogen-bond acceptors (Lipinski definition) is 1. The van der Waals surface area contributed by atoms with E-state index in [2.05, 4.69) is 60.8 Å². The van der Waals surface area contributed by atoms with E-state index in [4.69, 9.17) is 0 Å². The predicted octanol–water partition coefficient (Wildman–Crippen LogP) is 3.29. The first kappa shape index (κ1) is 10.5. The van der Waals surface area contributed by atoms with Crippen molar-refractivity contribution in [2.45, 2.75) is 19.4 Å². The highest BCUT2D eigenvalue weighted by atomic mass is 14.9. The van der Waals surface area contributed by atoms with Crippen molar-refractivity contribution in [1.82, 2.24) is 5.32 Å². The van der Waals surface area contributed by atoms with E-state index in [9.17, 15) is 0 Å². The van der Waals surface area contributed by atoms with Crippen molar-refractivity contribution in [3.63, 3.8) is 0 Å². The lowest BCUT2D eigenvalue weighted by molar-refractivity contribution is 0.611. The quantitative estimate of drug-likeness (QED) is 0.823. The Hall–Kier alpha value is -1.60. The van der Waals surface area contributed by atoms with E-state index < -0.39 is 0 Å². The molecule has 0 amide bonds. The first-order valence-corrected chi connectivity index (χ1v) is 6.29. The Morgan fingerprint density at radius 3 is 2.00 bits per heavy atom. The second-order valence-corrected chi connectivity index (χ2v) is 4.57. The highest BCUT2D eigenvalue weighted by Gasteiger charge is 2.23. The summed E-state index contributed by atoms with van der Waals surface area (Å²) in [6, 6.07) is 17.9. The van der Waals surface area contributed by atoms with E-state index in [1.54, 1.807) is 0 Å². The van der Waals surface area contributed by atoms with Crippen LogP contribution in [0.25, 0.3) is 0 Å². The molecular formula is C16H17N. The van der Waals surface area contributed by atoms with Crippen LogP contribution < -0.4 is 5.32 Å². The van der Waals surface area contributed by atoms with Crippen LogP contribution in [0.5, 0.6) is 0 Å². The van der Waals surface area contributed by atoms with Gasteiger partial charge in [0.25, 0.3) is 0 Å². The van der Waals surface area contributed by atoms with Gasteiger partial charge in [0.2, 0.25) is 0 Å². The highest BCUT2D eigenvalue weighted by Crippen LogP contribution is 2.34. The van der Waals surface area contributed by atoms with Crippen molar-refractivity contribution < 1.29 is 0 Å². The van der Waals surface area contributed by atoms with Crippen molar-refractivity contribution in [2.24, 2.45) is 0 Å². The van der Waals surface area contributed by atoms with Gasteiger partial charge in [0.1, 0.15) is 0 Å². The Bertz CT molecular complexity index is 485. The van der Waals surface area contributed by atoms with Crippen molar-refractivity contribution in [3.8, 4) is 0 Å². The minimum atomic E-state index is 0.362. The zero-order chi connectivity index (χ0) is 11.7. The van der Waals surface area contributed by atoms with Crippen LogP contribution in [0.15, 0.2) is 48.5 Å². The van der Waals surface area contributed by atoms with Crippen LogP contribution in [0.3, 0.4) is 0 Å². The summed E-state index contributed by atoms with van der Waals surface area (Å²) < 4.78 is 0. The van der Waals surface area contributed by atoms with E-state index >= 15 is 0 Å². The Balaban J connectivity index is 2.13. The van der Waals surface area contributed by atoms with Gasteiger partial charge in [0, 0.05) is 0 Å². The van der Waals surface area contributed by atoms with Gasteiger partial charge in [-0.2, -0.15) is 0 Å². The summed E-state index contributed by atoms with van der Waals surface area (Å²) in [5, 5.41) is 3.60. The smallest absolute Gasteiger partial charge is 0.0582 e. The van der Waals surface area contributed by atoms with Crippen molar-refractivity contribution in [1.29, 1.82) is 0 Å². The third-order valence-corrected chi connectivity index (χ3v) is 3.52. The van der Waals surface area contributed by atoms with E-state index in [0.717, 1.165) is 13.0 Å². The molecule has 0 bridgehead atoms. The molecule has 0 saturated carbocycles. The third-order valence-electron chi connectivity index (χ3n) is 3.52. The maximum absolute atomic E-state index is 3.60. The molecule has 0 aliphatic heterocycles. The minimum Gasteiger partial charge on any atom is -0.307 e. The SMILES string of the molecule is CCNC1c2ccccc2Cc2ccccc21. The van der Waals surface area contributed by atoms with Gasteiger partial charge in [-0.1, -0.05) is 55.5 Å². The van der Waals surface area contributed by atoms with Gasteiger partial charge in [0.15, 0.2) is 0 Å². The first-order valence-electron chi connectivity index (χ1n) is 6.29. The molecule has 0 unspecified atom stereocenters. The zero-order valence-corrected chi connectivity index (χ0v) is 10.1. The third kappa shape index (κ3) is 1.77. The van der Waals surface area contributed by atoms with Gasteiger partial charge in [-0.15, -0.1) is 0 Å². The van der Waals surface area contributed by atoms with E-state index in [-0.39, 0.29) is 0 Å². The van der Waals surface area contributed by atoms with Crippen LogP contribution in [0.2, 0.25) is 0 Å². The molecule has 0 radical (unpaired) electrons. The van der Waals surface area contributed by atoms with Gasteiger partial charge < -0.3 is 5.32 Å². The maximum atomic E-state index is 3.60. The van der Waals surface area contributed by atoms with Gasteiger partial charge in [-0.25, -0.2) is 0 Å². The molecule has 1 nitrogen and oxygen atoms in total. The van der Waals surface area contributed by atoms with Crippen LogP contribution in [-0.4, -0.2) is 6.54 Å². The topological polar surface area (TPSA) is 12.0 Å². The summed E-state index contributed by atoms with van der Waals surface area (Å²) in [5.74, 6) is 0. The molecule has 0 spiro atoms. The maximum Gasteiger partial charge on any atom is 0.0582 e. The van der Waals surface area contributed by atoms with Crippen molar-refractivity contribution >= 4 is 0 Å². The lowest BCUT2D eigenvalue weighted by atomic mass is 9.82. The molecule has 86 valence electrons. The fourth-order valence-corrected chi connectivity index (χ4v) is 2.75. The van der Waals surface area contributed by atoms with Gasteiger partial charge in [-0.3, -0.25) is 0 Å². The minimum absolute atomic E-state index is 0.362. The average molecular weight is 223 g/mol. The molecule has 1 heteroatoms. The van der Waals surface area contributed by atoms with Crippen molar-refractivity contribution in [2.75, 3.05) is 6.54 Å². The van der Waals surface area contributed by atoms with Gasteiger partial charge >= 0.3 is 0 Å². The molecule has 1 aliphatic rings. The fraction of sp³-hybridized carbons (Fsp3) is 0.250. The molecule has 2 aromatic rings. The molecule has 0 saturated heterocycles. The predicted molar refractivity (Wildman–Crippen MR) is 71.2 cm³/mol. The molecular weight excluding hydrogens is 206 g/mol. The summed E-state index contributed by atoms with van der Waals surface area (Å²) in [6.07, 6.45) is 1.06. The molecule has 0 fully saturated rings. The molecule has 2 aromatic carbocycles. The Kier molecular flexibility index (Phi) is 2.69. The monoisotopic (exact) mass is 223 g/mol. The molecule has 0 atom stereocenters. The van der Waals surface area contributed by atoms with Crippen LogP contribution in [0.4, 0.5) is 0 Å². The van der Waals surface area contributed by atoms with Gasteiger partial charge in [0.05, 0.1) is 6.04 Å². The number of fused-ring (bicyclic) bond motifs is 2. The van der Waals surface area contributed by atoms with Crippen LogP contribution in [0.1, 0.15) is 35.2 Å². The molecule has 17 heavy (non-hydrogen) atoms. The molecule has 1 aliphatic carbocycles. The lowest BCUT2D eigenvalue weighted by Crippen LogP contribution is -2.26. The largest absolute Gasteiger partial charge is 0.307 e. The average Bonchev–Trinajstić information content (AvgIpc) is 2.39. The fourth-order valence-electron chi connectivity index (χ4n) is 2.75. The van der Waals surface area contributed by atoms with Crippen LogP contribution in [-0.2, 0) is 6.42 Å². The van der Waals surface area contributed by atoms with Crippen molar-refractivity contribution in [3.05, 3.63) is 70.8 Å². The second-order valence-electron chi connectivity index (χ2n) is 4.57. The molecule has 0 aromatic heterocycles. The Morgan fingerprint density at radius 2 is 1.47 bits per heavy atom. The number of hydrogen-bond donors (Lipinski definition) is 1. The summed E-state index contributed by atoms with van der Waals surface area (Å²) in [5.41, 5.74) is 5.79. The molecule has 0 heterocycles. The number of nitrogens with one attached hydrogen (secondary N) is 1. The summed E-state index contributed by atoms with van der Waals surface area (Å²) >= 11 is 0. The standard InChI is InChI=1S/C16H17N/c1-2-17-16-14-9-5-3-7-12(14)11-13-8-4-6-10-15(13)16/h3-10,16-17H,2,11H2,1H3. The molecule has 1 N–H and O–H groups in total. The molecule has 3 rings (SSSR count). The van der Waals surface area contributed by atoms with E-state index in [1.807, 2.05) is 0 Å². The Labute approximate surface area is 102 Å². The summed E-state index contributed by atoms with van der Waals surface area (Å²) in [6.45, 7) is 3.16. The van der Waals surface area contributed by atoms with E-state index in [1.165, 1.54) is 22.3 Å². The summed E-state index contributed by atoms with van der Waals surface area (Å²) in [7, 11) is 0. The summed E-state index contributed by atoms with van der Waals surface area (Å²) in [4.78, 5) is 0. The zero-order valence-electron chi connectivity index (χ0n) is 10.1. The highest BCUT2D eigenvalue weighted by molar-refractivity contribution is 5.48.